The lowest BCUT2D eigenvalue weighted by atomic mass is 10.1. The number of amides is 1. The van der Waals surface area contributed by atoms with Crippen LogP contribution in [-0.4, -0.2) is 37.0 Å². The van der Waals surface area contributed by atoms with Gasteiger partial charge in [0.15, 0.2) is 0 Å². The Bertz CT molecular complexity index is 520. The first-order valence-electron chi connectivity index (χ1n) is 6.66. The minimum atomic E-state index is -0.628. The van der Waals surface area contributed by atoms with Gasteiger partial charge >= 0.3 is 5.97 Å². The molecule has 0 saturated heterocycles. The highest BCUT2D eigenvalue weighted by Gasteiger charge is 2.21. The van der Waals surface area contributed by atoms with E-state index in [1.165, 1.54) is 24.1 Å². The Labute approximate surface area is 128 Å². The van der Waals surface area contributed by atoms with Gasteiger partial charge in [-0.05, 0) is 24.1 Å². The van der Waals surface area contributed by atoms with Crippen molar-refractivity contribution in [3.05, 3.63) is 34.6 Å². The molecule has 0 spiro atoms. The lowest BCUT2D eigenvalue weighted by molar-refractivity contribution is -0.140. The van der Waals surface area contributed by atoms with E-state index in [0.29, 0.717) is 6.54 Å². The third-order valence-corrected chi connectivity index (χ3v) is 3.08. The molecule has 1 amide bonds. The Morgan fingerprint density at radius 3 is 2.62 bits per heavy atom. The molecule has 0 bridgehead atoms. The molecule has 0 saturated carbocycles. The van der Waals surface area contributed by atoms with Gasteiger partial charge in [0, 0.05) is 18.1 Å². The zero-order chi connectivity index (χ0) is 16.0. The van der Waals surface area contributed by atoms with E-state index in [0.717, 1.165) is 6.07 Å². The average molecular weight is 316 g/mol. The lowest BCUT2D eigenvalue weighted by Crippen LogP contribution is -2.36. The Balaban J connectivity index is 2.93. The van der Waals surface area contributed by atoms with Gasteiger partial charge in [-0.3, -0.25) is 9.59 Å². The van der Waals surface area contributed by atoms with Crippen molar-refractivity contribution in [3.8, 4) is 0 Å². The first kappa shape index (κ1) is 17.4. The molecule has 6 heteroatoms. The highest BCUT2D eigenvalue weighted by molar-refractivity contribution is 6.31. The van der Waals surface area contributed by atoms with Gasteiger partial charge in [-0.1, -0.05) is 25.4 Å². The summed E-state index contributed by atoms with van der Waals surface area (Å²) in [5.41, 5.74) is -0.0898. The number of methoxy groups -OCH3 is 1. The zero-order valence-corrected chi connectivity index (χ0v) is 13.1. The van der Waals surface area contributed by atoms with Crippen LogP contribution in [0, 0.1) is 11.7 Å². The number of halogens is 2. The van der Waals surface area contributed by atoms with Crippen LogP contribution in [0.3, 0.4) is 0 Å². The second kappa shape index (κ2) is 7.98. The summed E-state index contributed by atoms with van der Waals surface area (Å²) in [5, 5.41) is 0.289. The molecule has 0 N–H and O–H groups in total. The minimum absolute atomic E-state index is 0.0666. The predicted molar refractivity (Wildman–Crippen MR) is 78.8 cm³/mol. The van der Waals surface area contributed by atoms with Crippen molar-refractivity contribution in [1.82, 2.24) is 4.90 Å². The topological polar surface area (TPSA) is 46.6 Å². The molecule has 1 rings (SSSR count). The van der Waals surface area contributed by atoms with E-state index in [1.807, 2.05) is 13.8 Å². The van der Waals surface area contributed by atoms with Crippen molar-refractivity contribution < 1.29 is 18.7 Å². The standard InChI is InChI=1S/C15H19ClFNO3/c1-10(2)9-18(7-6-14(19)21-3)15(20)12-8-11(16)4-5-13(12)17/h4-5,8,10H,6-7,9H2,1-3H3. The summed E-state index contributed by atoms with van der Waals surface area (Å²) in [4.78, 5) is 25.1. The quantitative estimate of drug-likeness (QED) is 0.758. The largest absolute Gasteiger partial charge is 0.469 e. The fourth-order valence-corrected chi connectivity index (χ4v) is 2.05. The van der Waals surface area contributed by atoms with Crippen molar-refractivity contribution in [1.29, 1.82) is 0 Å². The third-order valence-electron chi connectivity index (χ3n) is 2.85. The van der Waals surface area contributed by atoms with Crippen molar-refractivity contribution in [2.45, 2.75) is 20.3 Å². The van der Waals surface area contributed by atoms with Crippen LogP contribution in [0.4, 0.5) is 4.39 Å². The van der Waals surface area contributed by atoms with E-state index in [-0.39, 0.29) is 29.5 Å². The van der Waals surface area contributed by atoms with E-state index in [9.17, 15) is 14.0 Å². The predicted octanol–water partition coefficient (Wildman–Crippen LogP) is 3.14. The molecule has 0 aliphatic carbocycles. The molecule has 0 aliphatic rings. The molecule has 1 aromatic rings. The monoisotopic (exact) mass is 315 g/mol. The first-order valence-corrected chi connectivity index (χ1v) is 7.04. The highest BCUT2D eigenvalue weighted by Crippen LogP contribution is 2.17. The molecule has 0 aliphatic heterocycles. The molecule has 1 aromatic carbocycles. The minimum Gasteiger partial charge on any atom is -0.469 e. The molecule has 0 fully saturated rings. The Morgan fingerprint density at radius 1 is 1.38 bits per heavy atom. The summed E-state index contributed by atoms with van der Waals surface area (Å²) in [5.74, 6) is -1.33. The van der Waals surface area contributed by atoms with Gasteiger partial charge in [-0.15, -0.1) is 0 Å². The van der Waals surface area contributed by atoms with Gasteiger partial charge in [0.1, 0.15) is 5.82 Å². The SMILES string of the molecule is COC(=O)CCN(CC(C)C)C(=O)c1cc(Cl)ccc1F. The number of hydrogen-bond donors (Lipinski definition) is 0. The number of benzene rings is 1. The van der Waals surface area contributed by atoms with Crippen molar-refractivity contribution in [2.24, 2.45) is 5.92 Å². The summed E-state index contributed by atoms with van der Waals surface area (Å²) in [6.45, 7) is 4.47. The number of rotatable bonds is 6. The lowest BCUT2D eigenvalue weighted by Gasteiger charge is -2.24. The van der Waals surface area contributed by atoms with E-state index < -0.39 is 17.7 Å². The van der Waals surface area contributed by atoms with E-state index in [1.54, 1.807) is 0 Å². The molecule has 116 valence electrons. The Hall–Kier alpha value is -1.62. The van der Waals surface area contributed by atoms with E-state index >= 15 is 0 Å². The van der Waals surface area contributed by atoms with Gasteiger partial charge in [-0.25, -0.2) is 4.39 Å². The molecule has 0 unspecified atom stereocenters. The summed E-state index contributed by atoms with van der Waals surface area (Å²) >= 11 is 5.81. The van der Waals surface area contributed by atoms with Gasteiger partial charge in [-0.2, -0.15) is 0 Å². The number of nitrogens with zero attached hydrogens (tertiary/aromatic N) is 1. The molecule has 4 nitrogen and oxygen atoms in total. The molecule has 0 atom stereocenters. The fourth-order valence-electron chi connectivity index (χ4n) is 1.88. The van der Waals surface area contributed by atoms with Crippen LogP contribution in [0.15, 0.2) is 18.2 Å². The van der Waals surface area contributed by atoms with Crippen LogP contribution in [0.1, 0.15) is 30.6 Å². The highest BCUT2D eigenvalue weighted by atomic mass is 35.5. The summed E-state index contributed by atoms with van der Waals surface area (Å²) in [7, 11) is 1.29. The fraction of sp³-hybridized carbons (Fsp3) is 0.467. The maximum absolute atomic E-state index is 13.8. The Kier molecular flexibility index (Phi) is 6.62. The van der Waals surface area contributed by atoms with Crippen molar-refractivity contribution >= 4 is 23.5 Å². The van der Waals surface area contributed by atoms with E-state index in [2.05, 4.69) is 4.74 Å². The Morgan fingerprint density at radius 2 is 2.05 bits per heavy atom. The summed E-state index contributed by atoms with van der Waals surface area (Å²) < 4.78 is 18.3. The van der Waals surface area contributed by atoms with Crippen LogP contribution in [-0.2, 0) is 9.53 Å². The van der Waals surface area contributed by atoms with Gasteiger partial charge < -0.3 is 9.64 Å². The van der Waals surface area contributed by atoms with Crippen LogP contribution in [0.5, 0.6) is 0 Å². The molecule has 0 radical (unpaired) electrons. The van der Waals surface area contributed by atoms with Gasteiger partial charge in [0.05, 0.1) is 19.1 Å². The molecular weight excluding hydrogens is 297 g/mol. The summed E-state index contributed by atoms with van der Waals surface area (Å²) in [6.07, 6.45) is 0.0666. The van der Waals surface area contributed by atoms with Gasteiger partial charge in [0.25, 0.3) is 5.91 Å². The number of hydrogen-bond acceptors (Lipinski definition) is 3. The smallest absolute Gasteiger partial charge is 0.307 e. The number of carbonyl (C=O) groups excluding carboxylic acids is 2. The third kappa shape index (κ3) is 5.34. The number of carbonyl (C=O) groups is 2. The van der Waals surface area contributed by atoms with E-state index in [4.69, 9.17) is 11.6 Å². The van der Waals surface area contributed by atoms with Crippen LogP contribution in [0.25, 0.3) is 0 Å². The van der Waals surface area contributed by atoms with Crippen molar-refractivity contribution in [2.75, 3.05) is 20.2 Å². The second-order valence-corrected chi connectivity index (χ2v) is 5.53. The second-order valence-electron chi connectivity index (χ2n) is 5.10. The van der Waals surface area contributed by atoms with Crippen LogP contribution < -0.4 is 0 Å². The zero-order valence-electron chi connectivity index (χ0n) is 12.4. The maximum Gasteiger partial charge on any atom is 0.307 e. The molecule has 0 heterocycles. The van der Waals surface area contributed by atoms with Crippen LogP contribution >= 0.6 is 11.6 Å². The first-order chi connectivity index (χ1) is 9.85. The average Bonchev–Trinajstić information content (AvgIpc) is 2.44. The van der Waals surface area contributed by atoms with Crippen molar-refractivity contribution in [3.63, 3.8) is 0 Å². The molecule has 0 aromatic heterocycles. The molecular formula is C15H19ClFNO3. The number of esters is 1. The normalized spacial score (nSPS) is 10.6. The summed E-state index contributed by atoms with van der Waals surface area (Å²) in [6, 6.07) is 3.84. The maximum atomic E-state index is 13.8. The molecule has 21 heavy (non-hydrogen) atoms. The number of ether oxygens (including phenoxy) is 1. The van der Waals surface area contributed by atoms with Crippen LogP contribution in [0.2, 0.25) is 5.02 Å². The van der Waals surface area contributed by atoms with Gasteiger partial charge in [0.2, 0.25) is 0 Å².